The van der Waals surface area contributed by atoms with Gasteiger partial charge in [0.2, 0.25) is 0 Å². The molecule has 0 aromatic rings. The fourth-order valence-electron chi connectivity index (χ4n) is 1.77. The van der Waals surface area contributed by atoms with Crippen molar-refractivity contribution < 1.29 is 9.53 Å². The van der Waals surface area contributed by atoms with Gasteiger partial charge in [-0.25, -0.2) is 0 Å². The third-order valence-electron chi connectivity index (χ3n) is 3.24. The maximum Gasteiger partial charge on any atom is 0.161 e. The quantitative estimate of drug-likeness (QED) is 0.679. The first-order chi connectivity index (χ1) is 6.61. The minimum absolute atomic E-state index is 0.195. The van der Waals surface area contributed by atoms with Crippen molar-refractivity contribution in [2.75, 3.05) is 6.61 Å². The summed E-state index contributed by atoms with van der Waals surface area (Å²) in [5, 5.41) is 0. The predicted octanol–water partition coefficient (Wildman–Crippen LogP) is 2.81. The van der Waals surface area contributed by atoms with E-state index in [0.717, 1.165) is 12.8 Å². The zero-order chi connectivity index (χ0) is 10.6. The molecule has 14 heavy (non-hydrogen) atoms. The van der Waals surface area contributed by atoms with Gasteiger partial charge in [-0.2, -0.15) is 0 Å². The molecule has 0 aromatic carbocycles. The molecule has 0 spiro atoms. The Bertz CT molecular complexity index is 181. The van der Waals surface area contributed by atoms with E-state index in [0.29, 0.717) is 24.2 Å². The predicted molar refractivity (Wildman–Crippen MR) is 57.2 cm³/mol. The first-order valence-electron chi connectivity index (χ1n) is 5.75. The highest BCUT2D eigenvalue weighted by Crippen LogP contribution is 2.25. The van der Waals surface area contributed by atoms with E-state index < -0.39 is 0 Å². The van der Waals surface area contributed by atoms with Crippen LogP contribution >= 0.6 is 0 Å². The number of ether oxygens (including phenoxy) is 1. The summed E-state index contributed by atoms with van der Waals surface area (Å²) in [6, 6.07) is 0. The standard InChI is InChI=1S/C12H22O2/c1-9(2)10(3)14-8-12(13)11-6-4-5-7-11/h9-11H,4-8H2,1-3H3. The Kier molecular flexibility index (Phi) is 4.59. The third kappa shape index (κ3) is 3.41. The maximum atomic E-state index is 11.6. The topological polar surface area (TPSA) is 26.3 Å². The molecule has 1 aliphatic carbocycles. The smallest absolute Gasteiger partial charge is 0.161 e. The van der Waals surface area contributed by atoms with E-state index in [1.165, 1.54) is 12.8 Å². The molecule has 1 aliphatic rings. The molecule has 0 bridgehead atoms. The monoisotopic (exact) mass is 198 g/mol. The fourth-order valence-corrected chi connectivity index (χ4v) is 1.77. The van der Waals surface area contributed by atoms with Crippen molar-refractivity contribution in [1.82, 2.24) is 0 Å². The second-order valence-electron chi connectivity index (χ2n) is 4.71. The molecule has 0 aliphatic heterocycles. The van der Waals surface area contributed by atoms with Crippen LogP contribution in [0.25, 0.3) is 0 Å². The summed E-state index contributed by atoms with van der Waals surface area (Å²) in [6.45, 7) is 6.59. The van der Waals surface area contributed by atoms with Crippen molar-refractivity contribution in [2.45, 2.75) is 52.6 Å². The molecule has 0 N–H and O–H groups in total. The Labute approximate surface area is 87.0 Å². The van der Waals surface area contributed by atoms with E-state index in [1.54, 1.807) is 0 Å². The molecule has 1 atom stereocenters. The second-order valence-corrected chi connectivity index (χ2v) is 4.71. The zero-order valence-electron chi connectivity index (χ0n) is 9.58. The lowest BCUT2D eigenvalue weighted by Crippen LogP contribution is -2.23. The van der Waals surface area contributed by atoms with Crippen molar-refractivity contribution in [1.29, 1.82) is 0 Å². The average Bonchev–Trinajstić information content (AvgIpc) is 2.66. The van der Waals surface area contributed by atoms with E-state index in [9.17, 15) is 4.79 Å². The maximum absolute atomic E-state index is 11.6. The van der Waals surface area contributed by atoms with Crippen molar-refractivity contribution >= 4 is 5.78 Å². The number of carbonyl (C=O) groups is 1. The summed E-state index contributed by atoms with van der Waals surface area (Å²) in [7, 11) is 0. The molecule has 1 rings (SSSR count). The van der Waals surface area contributed by atoms with Crippen LogP contribution in [-0.2, 0) is 9.53 Å². The van der Waals surface area contributed by atoms with E-state index >= 15 is 0 Å². The Morgan fingerprint density at radius 3 is 2.36 bits per heavy atom. The van der Waals surface area contributed by atoms with Gasteiger partial charge in [0, 0.05) is 5.92 Å². The molecule has 0 amide bonds. The van der Waals surface area contributed by atoms with Crippen LogP contribution < -0.4 is 0 Å². The average molecular weight is 198 g/mol. The number of rotatable bonds is 5. The van der Waals surface area contributed by atoms with Crippen LogP contribution in [0.15, 0.2) is 0 Å². The van der Waals surface area contributed by atoms with E-state index in [1.807, 2.05) is 6.92 Å². The summed E-state index contributed by atoms with van der Waals surface area (Å²) in [5.41, 5.74) is 0. The molecule has 1 saturated carbocycles. The van der Waals surface area contributed by atoms with Gasteiger partial charge in [-0.15, -0.1) is 0 Å². The van der Waals surface area contributed by atoms with Gasteiger partial charge in [-0.1, -0.05) is 26.7 Å². The Hall–Kier alpha value is -0.370. The number of hydrogen-bond donors (Lipinski definition) is 0. The van der Waals surface area contributed by atoms with Crippen molar-refractivity contribution in [2.24, 2.45) is 11.8 Å². The summed E-state index contributed by atoms with van der Waals surface area (Å²) >= 11 is 0. The van der Waals surface area contributed by atoms with Crippen molar-refractivity contribution in [3.63, 3.8) is 0 Å². The molecule has 1 fully saturated rings. The molecule has 1 unspecified atom stereocenters. The number of carbonyl (C=O) groups excluding carboxylic acids is 1. The van der Waals surface area contributed by atoms with Gasteiger partial charge >= 0.3 is 0 Å². The molecule has 0 aromatic heterocycles. The van der Waals surface area contributed by atoms with E-state index in [2.05, 4.69) is 13.8 Å². The molecule has 2 nitrogen and oxygen atoms in total. The van der Waals surface area contributed by atoms with Gasteiger partial charge in [0.1, 0.15) is 6.61 Å². The van der Waals surface area contributed by atoms with Crippen LogP contribution in [0.2, 0.25) is 0 Å². The van der Waals surface area contributed by atoms with E-state index in [-0.39, 0.29) is 6.10 Å². The van der Waals surface area contributed by atoms with Crippen molar-refractivity contribution in [3.8, 4) is 0 Å². The number of ketones is 1. The lowest BCUT2D eigenvalue weighted by molar-refractivity contribution is -0.129. The van der Waals surface area contributed by atoms with Crippen LogP contribution in [0, 0.1) is 11.8 Å². The van der Waals surface area contributed by atoms with E-state index in [4.69, 9.17) is 4.74 Å². The summed E-state index contributed by atoms with van der Waals surface area (Å²) in [6.07, 6.45) is 4.79. The van der Waals surface area contributed by atoms with Gasteiger partial charge in [0.15, 0.2) is 5.78 Å². The first-order valence-corrected chi connectivity index (χ1v) is 5.75. The third-order valence-corrected chi connectivity index (χ3v) is 3.24. The first kappa shape index (κ1) is 11.7. The van der Waals surface area contributed by atoms with Crippen molar-refractivity contribution in [3.05, 3.63) is 0 Å². The van der Waals surface area contributed by atoms with Gasteiger partial charge in [0.05, 0.1) is 6.10 Å². The van der Waals surface area contributed by atoms with Gasteiger partial charge < -0.3 is 4.74 Å². The molecule has 0 radical (unpaired) electrons. The summed E-state index contributed by atoms with van der Waals surface area (Å²) in [5.74, 6) is 1.11. The molecule has 0 heterocycles. The molecular formula is C12H22O2. The second kappa shape index (κ2) is 5.50. The number of Topliss-reactive ketones (excluding diaryl/α,β-unsaturated/α-hetero) is 1. The fraction of sp³-hybridized carbons (Fsp3) is 0.917. The largest absolute Gasteiger partial charge is 0.370 e. The van der Waals surface area contributed by atoms with Gasteiger partial charge in [-0.05, 0) is 25.7 Å². The van der Waals surface area contributed by atoms with Gasteiger partial charge in [0.25, 0.3) is 0 Å². The van der Waals surface area contributed by atoms with Crippen LogP contribution in [0.1, 0.15) is 46.5 Å². The highest BCUT2D eigenvalue weighted by molar-refractivity contribution is 5.82. The summed E-state index contributed by atoms with van der Waals surface area (Å²) in [4.78, 5) is 11.6. The molecule has 2 heteroatoms. The highest BCUT2D eigenvalue weighted by atomic mass is 16.5. The SMILES string of the molecule is CC(C)C(C)OCC(=O)C1CCCC1. The normalized spacial score (nSPS) is 20.3. The Morgan fingerprint density at radius 1 is 1.29 bits per heavy atom. The van der Waals surface area contributed by atoms with Crippen LogP contribution in [0.5, 0.6) is 0 Å². The van der Waals surface area contributed by atoms with Crippen LogP contribution in [0.3, 0.4) is 0 Å². The molecular weight excluding hydrogens is 176 g/mol. The lowest BCUT2D eigenvalue weighted by Gasteiger charge is -2.17. The highest BCUT2D eigenvalue weighted by Gasteiger charge is 2.23. The lowest BCUT2D eigenvalue weighted by atomic mass is 10.0. The number of hydrogen-bond acceptors (Lipinski definition) is 2. The van der Waals surface area contributed by atoms with Crippen LogP contribution in [0.4, 0.5) is 0 Å². The van der Waals surface area contributed by atoms with Crippen LogP contribution in [-0.4, -0.2) is 18.5 Å². The minimum atomic E-state index is 0.195. The Morgan fingerprint density at radius 2 is 1.86 bits per heavy atom. The molecule has 82 valence electrons. The minimum Gasteiger partial charge on any atom is -0.370 e. The molecule has 0 saturated heterocycles. The van der Waals surface area contributed by atoms with Gasteiger partial charge in [-0.3, -0.25) is 4.79 Å². The Balaban J connectivity index is 2.20. The summed E-state index contributed by atoms with van der Waals surface area (Å²) < 4.78 is 5.53. The zero-order valence-corrected chi connectivity index (χ0v) is 9.58.